The Kier molecular flexibility index (Phi) is 5.54. The number of thiophene rings is 1. The fourth-order valence-corrected chi connectivity index (χ4v) is 8.58. The lowest BCUT2D eigenvalue weighted by molar-refractivity contribution is 0.668. The molecule has 3 aromatic heterocycles. The largest absolute Gasteiger partial charge is 0.456 e. The molecule has 0 spiro atoms. The number of nitrogens with one attached hydrogen (secondary N) is 1. The number of amidine groups is 2. The summed E-state index contributed by atoms with van der Waals surface area (Å²) in [7, 11) is 0. The van der Waals surface area contributed by atoms with E-state index in [-0.39, 0.29) is 6.17 Å². The maximum Gasteiger partial charge on any atom is 0.159 e. The summed E-state index contributed by atoms with van der Waals surface area (Å²) in [4.78, 5) is 10.5. The molecule has 0 aliphatic carbocycles. The first kappa shape index (κ1) is 26.8. The minimum Gasteiger partial charge on any atom is -0.456 e. The van der Waals surface area contributed by atoms with Crippen LogP contribution < -0.4 is 5.32 Å². The molecule has 10 aromatic rings. The van der Waals surface area contributed by atoms with E-state index in [0.29, 0.717) is 5.84 Å². The third kappa shape index (κ3) is 4.04. The zero-order valence-corrected chi connectivity index (χ0v) is 26.8. The number of benzene rings is 7. The van der Waals surface area contributed by atoms with Gasteiger partial charge in [0.05, 0.1) is 4.70 Å². The van der Waals surface area contributed by atoms with E-state index in [1.54, 1.807) is 11.3 Å². The Morgan fingerprint density at radius 2 is 1.31 bits per heavy atom. The van der Waals surface area contributed by atoms with Crippen LogP contribution in [-0.2, 0) is 0 Å². The van der Waals surface area contributed by atoms with Gasteiger partial charge in [0.25, 0.3) is 0 Å². The smallest absolute Gasteiger partial charge is 0.159 e. The van der Waals surface area contributed by atoms with E-state index >= 15 is 0 Å². The molecular formula is C43H25N3O2S. The summed E-state index contributed by atoms with van der Waals surface area (Å²) in [6, 6.07) is 48.5. The maximum absolute atomic E-state index is 6.56. The summed E-state index contributed by atoms with van der Waals surface area (Å²) < 4.78 is 15.4. The molecule has 0 radical (unpaired) electrons. The zero-order valence-electron chi connectivity index (χ0n) is 26.0. The second-order valence-electron chi connectivity index (χ2n) is 12.6. The SMILES string of the molecule is c1ccc(C2N=C(c3ccc4c(c3)oc3cc5ccccc5cc34)N=C(c3cc4c5ccccc5oc4c4c3sc3ccccc34)N2)cc1. The number of furan rings is 2. The first-order chi connectivity index (χ1) is 24.2. The molecule has 4 heterocycles. The van der Waals surface area contributed by atoms with Gasteiger partial charge in [0.2, 0.25) is 0 Å². The Labute approximate surface area is 283 Å². The molecule has 49 heavy (non-hydrogen) atoms. The zero-order chi connectivity index (χ0) is 32.1. The van der Waals surface area contributed by atoms with Crippen molar-refractivity contribution in [3.8, 4) is 0 Å². The number of nitrogens with zero attached hydrogens (tertiary/aromatic N) is 2. The van der Waals surface area contributed by atoms with E-state index in [9.17, 15) is 0 Å². The third-order valence-electron chi connectivity index (χ3n) is 9.70. The molecule has 1 aliphatic rings. The van der Waals surface area contributed by atoms with E-state index in [2.05, 4.69) is 127 Å². The number of aliphatic imine (C=N–C) groups is 2. The van der Waals surface area contributed by atoms with Crippen LogP contribution in [0.25, 0.3) is 74.8 Å². The lowest BCUT2D eigenvalue weighted by Gasteiger charge is -2.24. The number of rotatable bonds is 3. The predicted octanol–water partition coefficient (Wildman–Crippen LogP) is 11.5. The van der Waals surface area contributed by atoms with Crippen LogP contribution in [-0.4, -0.2) is 11.7 Å². The Morgan fingerprint density at radius 1 is 0.571 bits per heavy atom. The Balaban J connectivity index is 1.15. The van der Waals surface area contributed by atoms with Crippen molar-refractivity contribution in [3.05, 3.63) is 156 Å². The van der Waals surface area contributed by atoms with Gasteiger partial charge in [-0.15, -0.1) is 11.3 Å². The quantitative estimate of drug-likeness (QED) is 0.208. The van der Waals surface area contributed by atoms with Crippen molar-refractivity contribution in [1.82, 2.24) is 5.32 Å². The molecule has 7 aromatic carbocycles. The topological polar surface area (TPSA) is 63.0 Å². The van der Waals surface area contributed by atoms with E-state index < -0.39 is 0 Å². The highest BCUT2D eigenvalue weighted by molar-refractivity contribution is 7.26. The average Bonchev–Trinajstić information content (AvgIpc) is 3.84. The van der Waals surface area contributed by atoms with Crippen molar-refractivity contribution in [3.63, 3.8) is 0 Å². The number of para-hydroxylation sites is 1. The van der Waals surface area contributed by atoms with Crippen LogP contribution in [0, 0.1) is 0 Å². The van der Waals surface area contributed by atoms with E-state index in [1.807, 2.05) is 18.2 Å². The van der Waals surface area contributed by atoms with Gasteiger partial charge in [0.1, 0.15) is 34.3 Å². The molecule has 0 saturated carbocycles. The minimum absolute atomic E-state index is 0.332. The van der Waals surface area contributed by atoms with Gasteiger partial charge in [-0.25, -0.2) is 9.98 Å². The van der Waals surface area contributed by atoms with Crippen LogP contribution in [0.3, 0.4) is 0 Å². The molecular weight excluding hydrogens is 623 g/mol. The molecule has 1 unspecified atom stereocenters. The summed E-state index contributed by atoms with van der Waals surface area (Å²) in [5, 5.41) is 12.7. The minimum atomic E-state index is -0.332. The van der Waals surface area contributed by atoms with Crippen LogP contribution in [0.15, 0.2) is 158 Å². The first-order valence-electron chi connectivity index (χ1n) is 16.3. The van der Waals surface area contributed by atoms with Gasteiger partial charge in [0.15, 0.2) is 5.84 Å². The van der Waals surface area contributed by atoms with Crippen molar-refractivity contribution in [1.29, 1.82) is 0 Å². The molecule has 0 amide bonds. The van der Waals surface area contributed by atoms with Gasteiger partial charge in [-0.1, -0.05) is 97.1 Å². The van der Waals surface area contributed by atoms with Gasteiger partial charge in [0, 0.05) is 48.1 Å². The van der Waals surface area contributed by atoms with Crippen LogP contribution in [0.1, 0.15) is 22.9 Å². The third-order valence-corrected chi connectivity index (χ3v) is 10.9. The molecule has 1 N–H and O–H groups in total. The van der Waals surface area contributed by atoms with Crippen molar-refractivity contribution < 1.29 is 8.83 Å². The van der Waals surface area contributed by atoms with Gasteiger partial charge in [-0.2, -0.15) is 0 Å². The van der Waals surface area contributed by atoms with Gasteiger partial charge in [-0.3, -0.25) is 0 Å². The van der Waals surface area contributed by atoms with Crippen molar-refractivity contribution >= 4 is 97.8 Å². The molecule has 230 valence electrons. The van der Waals surface area contributed by atoms with Gasteiger partial charge >= 0.3 is 0 Å². The summed E-state index contributed by atoms with van der Waals surface area (Å²) in [6.45, 7) is 0. The molecule has 5 nitrogen and oxygen atoms in total. The standard InChI is InChI=1S/C43H25N3O2S/c1-2-10-24(11-3-1)41-44-42(27-18-19-29-31-20-25-12-4-5-13-26(25)21-36(31)47-35(29)22-27)46-43(45-41)33-23-32-28-14-6-8-16-34(28)48-39(32)38-30-15-7-9-17-37(30)49-40(33)38/h1-23,41H,(H,44,45,46). The Hall–Kier alpha value is -6.24. The van der Waals surface area contributed by atoms with Gasteiger partial charge in [-0.05, 0) is 58.8 Å². The highest BCUT2D eigenvalue weighted by Crippen LogP contribution is 2.44. The van der Waals surface area contributed by atoms with Crippen molar-refractivity contribution in [2.45, 2.75) is 6.17 Å². The van der Waals surface area contributed by atoms with E-state index in [0.717, 1.165) is 81.9 Å². The molecule has 0 fully saturated rings. The predicted molar refractivity (Wildman–Crippen MR) is 203 cm³/mol. The normalized spacial score (nSPS) is 15.1. The number of hydrogen-bond acceptors (Lipinski definition) is 6. The van der Waals surface area contributed by atoms with E-state index in [1.165, 1.54) is 15.5 Å². The highest BCUT2D eigenvalue weighted by Gasteiger charge is 2.26. The summed E-state index contributed by atoms with van der Waals surface area (Å²) in [6.07, 6.45) is -0.332. The summed E-state index contributed by atoms with van der Waals surface area (Å²) in [5.74, 6) is 1.43. The van der Waals surface area contributed by atoms with Crippen LogP contribution >= 0.6 is 11.3 Å². The highest BCUT2D eigenvalue weighted by atomic mass is 32.1. The molecule has 6 heteroatoms. The second-order valence-corrected chi connectivity index (χ2v) is 13.6. The van der Waals surface area contributed by atoms with Crippen molar-refractivity contribution in [2.24, 2.45) is 9.98 Å². The molecule has 0 saturated heterocycles. The lowest BCUT2D eigenvalue weighted by atomic mass is 10.0. The van der Waals surface area contributed by atoms with Crippen LogP contribution in [0.4, 0.5) is 0 Å². The van der Waals surface area contributed by atoms with E-state index in [4.69, 9.17) is 18.8 Å². The lowest BCUT2D eigenvalue weighted by Crippen LogP contribution is -2.33. The fourth-order valence-electron chi connectivity index (χ4n) is 7.36. The molecule has 0 bridgehead atoms. The maximum atomic E-state index is 6.56. The first-order valence-corrected chi connectivity index (χ1v) is 17.2. The average molecular weight is 648 g/mol. The number of hydrogen-bond donors (Lipinski definition) is 1. The molecule has 1 aliphatic heterocycles. The van der Waals surface area contributed by atoms with Crippen LogP contribution in [0.5, 0.6) is 0 Å². The van der Waals surface area contributed by atoms with Crippen molar-refractivity contribution in [2.75, 3.05) is 0 Å². The van der Waals surface area contributed by atoms with Crippen LogP contribution in [0.2, 0.25) is 0 Å². The second kappa shape index (κ2) is 10.1. The van der Waals surface area contributed by atoms with Gasteiger partial charge < -0.3 is 14.2 Å². The molecule has 1 atom stereocenters. The summed E-state index contributed by atoms with van der Waals surface area (Å²) in [5.41, 5.74) is 6.46. The molecule has 11 rings (SSSR count). The number of fused-ring (bicyclic) bond motifs is 11. The summed E-state index contributed by atoms with van der Waals surface area (Å²) >= 11 is 1.77. The fraction of sp³-hybridized carbons (Fsp3) is 0.0233. The monoisotopic (exact) mass is 647 g/mol. The Bertz CT molecular complexity index is 3040. The Morgan fingerprint density at radius 3 is 2.20 bits per heavy atom.